The molecule has 0 aliphatic heterocycles. The predicted molar refractivity (Wildman–Crippen MR) is 101 cm³/mol. The molecular formula is C20H22N4O2. The van der Waals surface area contributed by atoms with Crippen molar-refractivity contribution in [3.8, 4) is 0 Å². The molecule has 0 fully saturated rings. The van der Waals surface area contributed by atoms with Gasteiger partial charge in [-0.15, -0.1) is 0 Å². The maximum Gasteiger partial charge on any atom is 0.267 e. The van der Waals surface area contributed by atoms with E-state index in [1.54, 1.807) is 11.6 Å². The average molecular weight is 350 g/mol. The van der Waals surface area contributed by atoms with Crippen molar-refractivity contribution < 1.29 is 10.0 Å². The zero-order chi connectivity index (χ0) is 18.4. The molecule has 0 bridgehead atoms. The number of nitrogens with one attached hydrogen (secondary N) is 2. The lowest BCUT2D eigenvalue weighted by molar-refractivity contribution is -0.124. The zero-order valence-electron chi connectivity index (χ0n) is 14.6. The first-order chi connectivity index (χ1) is 12.7. The van der Waals surface area contributed by atoms with E-state index in [1.807, 2.05) is 54.0 Å². The van der Waals surface area contributed by atoms with Crippen LogP contribution in [0.1, 0.15) is 22.4 Å². The van der Waals surface area contributed by atoms with Crippen LogP contribution < -0.4 is 10.8 Å². The first-order valence-electron chi connectivity index (χ1n) is 8.52. The van der Waals surface area contributed by atoms with Crippen molar-refractivity contribution in [1.82, 2.24) is 20.4 Å². The minimum absolute atomic E-state index is 0.543. The fourth-order valence-corrected chi connectivity index (χ4v) is 2.88. The molecule has 0 radical (unpaired) electrons. The summed E-state index contributed by atoms with van der Waals surface area (Å²) in [5.74, 6) is -0.543. The van der Waals surface area contributed by atoms with E-state index < -0.39 is 5.91 Å². The molecule has 1 amide bonds. The summed E-state index contributed by atoms with van der Waals surface area (Å²) in [6.07, 6.45) is 5.83. The number of amides is 1. The molecule has 2 heterocycles. The van der Waals surface area contributed by atoms with E-state index in [2.05, 4.69) is 16.5 Å². The minimum Gasteiger partial charge on any atom is -0.312 e. The van der Waals surface area contributed by atoms with E-state index in [4.69, 9.17) is 5.21 Å². The molecule has 0 aliphatic carbocycles. The highest BCUT2D eigenvalue weighted by Crippen LogP contribution is 2.15. The summed E-state index contributed by atoms with van der Waals surface area (Å²) < 4.78 is 1.92. The number of pyridine rings is 1. The summed E-state index contributed by atoms with van der Waals surface area (Å²) in [6, 6.07) is 14.0. The van der Waals surface area contributed by atoms with Gasteiger partial charge >= 0.3 is 0 Å². The van der Waals surface area contributed by atoms with Crippen LogP contribution in [0.3, 0.4) is 0 Å². The Morgan fingerprint density at radius 3 is 2.81 bits per heavy atom. The van der Waals surface area contributed by atoms with Crippen LogP contribution >= 0.6 is 0 Å². The Hall–Kier alpha value is -2.96. The third kappa shape index (κ3) is 4.36. The van der Waals surface area contributed by atoms with E-state index in [1.165, 1.54) is 17.2 Å². The Balaban J connectivity index is 1.51. The molecule has 3 aromatic rings. The number of benzene rings is 1. The summed E-state index contributed by atoms with van der Waals surface area (Å²) in [5, 5.41) is 16.4. The molecule has 3 N–H and O–H groups in total. The number of aryl methyl sites for hydroxylation is 1. The smallest absolute Gasteiger partial charge is 0.267 e. The lowest BCUT2D eigenvalue weighted by Gasteiger charge is -2.06. The van der Waals surface area contributed by atoms with E-state index in [0.717, 1.165) is 36.3 Å². The second kappa shape index (κ2) is 8.42. The van der Waals surface area contributed by atoms with Crippen LogP contribution in [-0.4, -0.2) is 27.3 Å². The van der Waals surface area contributed by atoms with Gasteiger partial charge in [0.1, 0.15) is 0 Å². The van der Waals surface area contributed by atoms with Gasteiger partial charge in [0.05, 0.1) is 11.2 Å². The zero-order valence-corrected chi connectivity index (χ0v) is 14.6. The summed E-state index contributed by atoms with van der Waals surface area (Å²) in [4.78, 5) is 11.0. The molecular weight excluding hydrogens is 328 g/mol. The van der Waals surface area contributed by atoms with Crippen molar-refractivity contribution >= 4 is 17.5 Å². The van der Waals surface area contributed by atoms with E-state index in [0.29, 0.717) is 0 Å². The van der Waals surface area contributed by atoms with Gasteiger partial charge < -0.3 is 5.32 Å². The highest BCUT2D eigenvalue weighted by atomic mass is 16.5. The van der Waals surface area contributed by atoms with Crippen molar-refractivity contribution in [2.45, 2.75) is 19.9 Å². The predicted octanol–water partition coefficient (Wildman–Crippen LogP) is 2.49. The van der Waals surface area contributed by atoms with Gasteiger partial charge in [0, 0.05) is 24.4 Å². The Kier molecular flexibility index (Phi) is 5.78. The summed E-state index contributed by atoms with van der Waals surface area (Å²) in [5.41, 5.74) is 7.15. The quantitative estimate of drug-likeness (QED) is 0.265. The summed E-state index contributed by atoms with van der Waals surface area (Å²) >= 11 is 0. The molecule has 6 nitrogen and oxygen atoms in total. The second-order valence-corrected chi connectivity index (χ2v) is 6.07. The molecule has 1 aromatic carbocycles. The van der Waals surface area contributed by atoms with Gasteiger partial charge in [-0.25, -0.2) is 10.00 Å². The van der Waals surface area contributed by atoms with Crippen LogP contribution in [0.4, 0.5) is 0 Å². The molecule has 134 valence electrons. The first-order valence-corrected chi connectivity index (χ1v) is 8.52. The van der Waals surface area contributed by atoms with Crippen LogP contribution in [-0.2, 0) is 17.8 Å². The van der Waals surface area contributed by atoms with Gasteiger partial charge in [-0.05, 0) is 49.2 Å². The summed E-state index contributed by atoms with van der Waals surface area (Å²) in [6.45, 7) is 3.69. The van der Waals surface area contributed by atoms with E-state index >= 15 is 0 Å². The van der Waals surface area contributed by atoms with Crippen molar-refractivity contribution in [3.63, 3.8) is 0 Å². The van der Waals surface area contributed by atoms with Crippen molar-refractivity contribution in [2.24, 2.45) is 0 Å². The van der Waals surface area contributed by atoms with Crippen molar-refractivity contribution in [2.75, 3.05) is 6.54 Å². The number of fused-ring (bicyclic) bond motifs is 1. The van der Waals surface area contributed by atoms with Gasteiger partial charge in [-0.1, -0.05) is 30.3 Å². The highest BCUT2D eigenvalue weighted by Gasteiger charge is 2.07. The van der Waals surface area contributed by atoms with Crippen molar-refractivity contribution in [3.05, 3.63) is 77.1 Å². The third-order valence-corrected chi connectivity index (χ3v) is 4.24. The SMILES string of the molecule is Cc1nn2ccccc2c1CCNCc1ccc(C=CC(=O)NO)cc1. The first kappa shape index (κ1) is 17.8. The Bertz CT molecular complexity index is 913. The van der Waals surface area contributed by atoms with Gasteiger partial charge in [-0.2, -0.15) is 5.10 Å². The molecule has 0 saturated heterocycles. The fourth-order valence-electron chi connectivity index (χ4n) is 2.88. The van der Waals surface area contributed by atoms with Crippen LogP contribution in [0.25, 0.3) is 11.6 Å². The number of carbonyl (C=O) groups excluding carboxylic acids is 1. The highest BCUT2D eigenvalue weighted by molar-refractivity contribution is 5.90. The van der Waals surface area contributed by atoms with Crippen LogP contribution in [0, 0.1) is 6.92 Å². The van der Waals surface area contributed by atoms with E-state index in [-0.39, 0.29) is 0 Å². The number of hydroxylamine groups is 1. The van der Waals surface area contributed by atoms with Crippen LogP contribution in [0.5, 0.6) is 0 Å². The number of aromatic nitrogens is 2. The molecule has 0 unspecified atom stereocenters. The largest absolute Gasteiger partial charge is 0.312 e. The number of rotatable bonds is 7. The summed E-state index contributed by atoms with van der Waals surface area (Å²) in [7, 11) is 0. The Labute approximate surface area is 152 Å². The lowest BCUT2D eigenvalue weighted by atomic mass is 10.1. The van der Waals surface area contributed by atoms with Gasteiger partial charge in [0.25, 0.3) is 5.91 Å². The fraction of sp³-hybridized carbons (Fsp3) is 0.200. The Morgan fingerprint density at radius 2 is 2.04 bits per heavy atom. The minimum atomic E-state index is -0.543. The van der Waals surface area contributed by atoms with Gasteiger partial charge in [0.15, 0.2) is 0 Å². The molecule has 26 heavy (non-hydrogen) atoms. The van der Waals surface area contributed by atoms with Crippen molar-refractivity contribution in [1.29, 1.82) is 0 Å². The standard InChI is InChI=1S/C20H22N4O2/c1-15-18(19-4-2-3-13-24(19)22-15)11-12-21-14-17-7-5-16(6-8-17)9-10-20(25)23-26/h2-10,13,21,26H,11-12,14H2,1H3,(H,23,25). The van der Waals surface area contributed by atoms with Gasteiger partial charge in [0.2, 0.25) is 0 Å². The molecule has 3 rings (SSSR count). The normalized spacial score (nSPS) is 11.3. The molecule has 0 spiro atoms. The number of hydrogen-bond donors (Lipinski definition) is 3. The molecule has 0 atom stereocenters. The lowest BCUT2D eigenvalue weighted by Crippen LogP contribution is -2.16. The second-order valence-electron chi connectivity index (χ2n) is 6.07. The molecule has 0 aliphatic rings. The van der Waals surface area contributed by atoms with E-state index in [9.17, 15) is 4.79 Å². The maximum atomic E-state index is 11.0. The number of hydrogen-bond acceptors (Lipinski definition) is 4. The average Bonchev–Trinajstić information content (AvgIpc) is 2.99. The number of nitrogens with zero attached hydrogens (tertiary/aromatic N) is 2. The number of carbonyl (C=O) groups is 1. The third-order valence-electron chi connectivity index (χ3n) is 4.24. The van der Waals surface area contributed by atoms with Gasteiger partial charge in [-0.3, -0.25) is 10.0 Å². The topological polar surface area (TPSA) is 78.7 Å². The molecule has 2 aromatic heterocycles. The maximum absolute atomic E-state index is 11.0. The molecule has 6 heteroatoms. The monoisotopic (exact) mass is 350 g/mol. The molecule has 0 saturated carbocycles. The Morgan fingerprint density at radius 1 is 1.23 bits per heavy atom. The van der Waals surface area contributed by atoms with Crippen LogP contribution in [0.15, 0.2) is 54.7 Å². The van der Waals surface area contributed by atoms with Crippen LogP contribution in [0.2, 0.25) is 0 Å².